The number of piperidine rings is 1. The minimum Gasteiger partial charge on any atom is -0.465 e. The van der Waals surface area contributed by atoms with Crippen LogP contribution in [0.3, 0.4) is 0 Å². The minimum absolute atomic E-state index is 0. The van der Waals surface area contributed by atoms with E-state index in [1.54, 1.807) is 0 Å². The highest BCUT2D eigenvalue weighted by Crippen LogP contribution is 2.15. The van der Waals surface area contributed by atoms with Crippen molar-refractivity contribution < 1.29 is 9.53 Å². The monoisotopic (exact) mass is 236 g/mol. The molecule has 1 aliphatic rings. The average Bonchev–Trinajstić information content (AvgIpc) is 2.19. The lowest BCUT2D eigenvalue weighted by Gasteiger charge is -2.33. The van der Waals surface area contributed by atoms with Gasteiger partial charge in [-0.1, -0.05) is 6.42 Å². The topological polar surface area (TPSA) is 55.6 Å². The van der Waals surface area contributed by atoms with Crippen molar-refractivity contribution in [2.45, 2.75) is 32.2 Å². The van der Waals surface area contributed by atoms with E-state index in [4.69, 9.17) is 10.5 Å². The van der Waals surface area contributed by atoms with Crippen molar-refractivity contribution in [2.24, 2.45) is 5.73 Å². The molecule has 1 saturated heterocycles. The first-order valence-electron chi connectivity index (χ1n) is 5.37. The fourth-order valence-corrected chi connectivity index (χ4v) is 1.91. The molecule has 1 fully saturated rings. The molecule has 0 aromatic rings. The largest absolute Gasteiger partial charge is 0.465 e. The minimum atomic E-state index is -0.132. The Morgan fingerprint density at radius 1 is 1.53 bits per heavy atom. The molecule has 15 heavy (non-hydrogen) atoms. The van der Waals surface area contributed by atoms with E-state index < -0.39 is 0 Å². The van der Waals surface area contributed by atoms with Gasteiger partial charge in [0.15, 0.2) is 0 Å². The van der Waals surface area contributed by atoms with Gasteiger partial charge in [-0.05, 0) is 26.3 Å². The second-order valence-electron chi connectivity index (χ2n) is 3.66. The van der Waals surface area contributed by atoms with Gasteiger partial charge in [-0.3, -0.25) is 9.69 Å². The summed E-state index contributed by atoms with van der Waals surface area (Å²) in [6.07, 6.45) is 3.49. The number of ether oxygens (including phenoxy) is 1. The molecule has 0 bridgehead atoms. The number of likely N-dealkylation sites (tertiary alicyclic amines) is 1. The summed E-state index contributed by atoms with van der Waals surface area (Å²) in [6.45, 7) is 4.30. The number of nitrogens with zero attached hydrogens (tertiary/aromatic N) is 1. The molecule has 0 radical (unpaired) electrons. The van der Waals surface area contributed by atoms with Crippen LogP contribution in [0.2, 0.25) is 0 Å². The van der Waals surface area contributed by atoms with Crippen LogP contribution in [-0.4, -0.2) is 43.2 Å². The first kappa shape index (κ1) is 14.7. The summed E-state index contributed by atoms with van der Waals surface area (Å²) < 4.78 is 4.92. The van der Waals surface area contributed by atoms with Gasteiger partial charge in [0.2, 0.25) is 0 Å². The summed E-state index contributed by atoms with van der Waals surface area (Å²) in [5.41, 5.74) is 5.65. The Balaban J connectivity index is 0.00000196. The van der Waals surface area contributed by atoms with Crippen LogP contribution in [0, 0.1) is 0 Å². The molecule has 1 atom stereocenters. The molecule has 0 amide bonds. The van der Waals surface area contributed by atoms with Gasteiger partial charge in [-0.25, -0.2) is 0 Å². The van der Waals surface area contributed by atoms with Gasteiger partial charge in [0.1, 0.15) is 0 Å². The zero-order chi connectivity index (χ0) is 10.4. The molecule has 90 valence electrons. The third kappa shape index (κ3) is 4.82. The van der Waals surface area contributed by atoms with Crippen LogP contribution < -0.4 is 5.73 Å². The van der Waals surface area contributed by atoms with E-state index >= 15 is 0 Å². The Morgan fingerprint density at radius 3 is 2.87 bits per heavy atom. The van der Waals surface area contributed by atoms with Crippen molar-refractivity contribution in [3.05, 3.63) is 0 Å². The van der Waals surface area contributed by atoms with E-state index in [9.17, 15) is 4.79 Å². The van der Waals surface area contributed by atoms with Gasteiger partial charge in [-0.15, -0.1) is 12.4 Å². The Morgan fingerprint density at radius 2 is 2.27 bits per heavy atom. The number of carbonyl (C=O) groups excluding carboxylic acids is 1. The number of rotatable bonds is 4. The van der Waals surface area contributed by atoms with Gasteiger partial charge in [-0.2, -0.15) is 0 Å². The summed E-state index contributed by atoms with van der Waals surface area (Å²) >= 11 is 0. The third-order valence-corrected chi connectivity index (χ3v) is 2.66. The molecule has 4 nitrogen and oxygen atoms in total. The van der Waals surface area contributed by atoms with Gasteiger partial charge < -0.3 is 10.5 Å². The zero-order valence-electron chi connectivity index (χ0n) is 9.28. The highest BCUT2D eigenvalue weighted by atomic mass is 35.5. The number of hydrogen-bond acceptors (Lipinski definition) is 4. The fourth-order valence-electron chi connectivity index (χ4n) is 1.91. The molecular formula is C10H21ClN2O2. The summed E-state index contributed by atoms with van der Waals surface area (Å²) in [5, 5.41) is 0. The number of hydrogen-bond donors (Lipinski definition) is 1. The Labute approximate surface area is 97.5 Å². The zero-order valence-corrected chi connectivity index (χ0v) is 10.1. The first-order chi connectivity index (χ1) is 6.77. The molecule has 5 heteroatoms. The van der Waals surface area contributed by atoms with E-state index in [-0.39, 0.29) is 18.4 Å². The molecule has 0 spiro atoms. The maximum atomic E-state index is 11.3. The van der Waals surface area contributed by atoms with E-state index in [0.29, 0.717) is 25.7 Å². The normalized spacial score (nSPS) is 21.9. The van der Waals surface area contributed by atoms with Crippen molar-refractivity contribution in [2.75, 3.05) is 26.2 Å². The van der Waals surface area contributed by atoms with Crippen molar-refractivity contribution in [3.63, 3.8) is 0 Å². The Kier molecular flexibility index (Phi) is 7.74. The van der Waals surface area contributed by atoms with Crippen molar-refractivity contribution >= 4 is 18.4 Å². The van der Waals surface area contributed by atoms with Gasteiger partial charge in [0, 0.05) is 12.6 Å². The van der Waals surface area contributed by atoms with Crippen LogP contribution in [-0.2, 0) is 9.53 Å². The van der Waals surface area contributed by atoms with Crippen LogP contribution in [0.15, 0.2) is 0 Å². The quantitative estimate of drug-likeness (QED) is 0.734. The Bertz CT molecular complexity index is 190. The number of nitrogens with two attached hydrogens (primary N) is 1. The second-order valence-corrected chi connectivity index (χ2v) is 3.66. The van der Waals surface area contributed by atoms with Gasteiger partial charge in [0.25, 0.3) is 0 Å². The van der Waals surface area contributed by atoms with E-state index in [1.165, 1.54) is 6.42 Å². The predicted molar refractivity (Wildman–Crippen MR) is 62.1 cm³/mol. The maximum absolute atomic E-state index is 11.3. The lowest BCUT2D eigenvalue weighted by molar-refractivity contribution is -0.145. The highest BCUT2D eigenvalue weighted by Gasteiger charge is 2.23. The molecule has 0 saturated carbocycles. The van der Waals surface area contributed by atoms with Crippen molar-refractivity contribution in [1.29, 1.82) is 0 Å². The second kappa shape index (κ2) is 7.91. The molecule has 2 N–H and O–H groups in total. The van der Waals surface area contributed by atoms with Crippen LogP contribution >= 0.6 is 12.4 Å². The summed E-state index contributed by atoms with van der Waals surface area (Å²) in [6, 6.07) is 0.369. The lowest BCUT2D eigenvalue weighted by Crippen LogP contribution is -2.46. The average molecular weight is 237 g/mol. The number of carbonyl (C=O) groups is 1. The SMILES string of the molecule is CCOC(=O)CN1CCCCC1CN.Cl. The van der Waals surface area contributed by atoms with Crippen LogP contribution in [0.25, 0.3) is 0 Å². The molecule has 1 unspecified atom stereocenters. The van der Waals surface area contributed by atoms with E-state index in [1.807, 2.05) is 6.92 Å². The van der Waals surface area contributed by atoms with E-state index in [2.05, 4.69) is 4.90 Å². The number of halogens is 1. The molecule has 1 aliphatic heterocycles. The highest BCUT2D eigenvalue weighted by molar-refractivity contribution is 5.85. The maximum Gasteiger partial charge on any atom is 0.320 e. The molecule has 0 aromatic carbocycles. The fraction of sp³-hybridized carbons (Fsp3) is 0.900. The van der Waals surface area contributed by atoms with E-state index in [0.717, 1.165) is 19.4 Å². The Hall–Kier alpha value is -0.320. The molecule has 1 heterocycles. The number of esters is 1. The van der Waals surface area contributed by atoms with Crippen LogP contribution in [0.4, 0.5) is 0 Å². The predicted octanol–water partition coefficient (Wildman–Crippen LogP) is 0.784. The van der Waals surface area contributed by atoms with Crippen molar-refractivity contribution in [1.82, 2.24) is 4.90 Å². The lowest BCUT2D eigenvalue weighted by atomic mass is 10.0. The summed E-state index contributed by atoms with van der Waals surface area (Å²) in [7, 11) is 0. The van der Waals surface area contributed by atoms with Crippen LogP contribution in [0.5, 0.6) is 0 Å². The van der Waals surface area contributed by atoms with Crippen LogP contribution in [0.1, 0.15) is 26.2 Å². The molecule has 0 aromatic heterocycles. The standard InChI is InChI=1S/C10H20N2O2.ClH/c1-2-14-10(13)8-12-6-4-3-5-9(12)7-11;/h9H,2-8,11H2,1H3;1H. The smallest absolute Gasteiger partial charge is 0.320 e. The molecule has 0 aliphatic carbocycles. The summed E-state index contributed by atoms with van der Waals surface area (Å²) in [5.74, 6) is -0.132. The van der Waals surface area contributed by atoms with Gasteiger partial charge >= 0.3 is 5.97 Å². The third-order valence-electron chi connectivity index (χ3n) is 2.66. The summed E-state index contributed by atoms with van der Waals surface area (Å²) in [4.78, 5) is 13.4. The molecule has 1 rings (SSSR count). The van der Waals surface area contributed by atoms with Crippen molar-refractivity contribution in [3.8, 4) is 0 Å². The molecular weight excluding hydrogens is 216 g/mol. The first-order valence-corrected chi connectivity index (χ1v) is 5.37. The van der Waals surface area contributed by atoms with Gasteiger partial charge in [0.05, 0.1) is 13.2 Å².